The van der Waals surface area contributed by atoms with Crippen LogP contribution in [0.4, 0.5) is 5.69 Å². The average Bonchev–Trinajstić information content (AvgIpc) is 2.62. The van der Waals surface area contributed by atoms with E-state index < -0.39 is 0 Å². The Morgan fingerprint density at radius 1 is 1.17 bits per heavy atom. The van der Waals surface area contributed by atoms with E-state index in [0.717, 1.165) is 64.4 Å². The molecule has 23 heavy (non-hydrogen) atoms. The zero-order valence-corrected chi connectivity index (χ0v) is 14.0. The smallest absolute Gasteiger partial charge is 0.209 e. The molecule has 2 saturated heterocycles. The number of benzene rings is 1. The molecule has 1 aromatic carbocycles. The highest BCUT2D eigenvalue weighted by atomic mass is 16.5. The minimum atomic E-state index is 0.631. The van der Waals surface area contributed by atoms with Gasteiger partial charge < -0.3 is 14.5 Å². The quantitative estimate of drug-likeness (QED) is 0.774. The SMILES string of the molecule is COc1ccccc1N1CCN(CC2CCCN(C=O)C2)CC1. The van der Waals surface area contributed by atoms with Crippen LogP contribution in [-0.4, -0.2) is 69.1 Å². The second kappa shape index (κ2) is 7.68. The lowest BCUT2D eigenvalue weighted by Crippen LogP contribution is -2.49. The van der Waals surface area contributed by atoms with E-state index in [1.807, 2.05) is 17.0 Å². The van der Waals surface area contributed by atoms with Crippen LogP contribution in [0.2, 0.25) is 0 Å². The van der Waals surface area contributed by atoms with Gasteiger partial charge >= 0.3 is 0 Å². The van der Waals surface area contributed by atoms with Crippen molar-refractivity contribution >= 4 is 12.1 Å². The number of carbonyl (C=O) groups is 1. The number of hydrogen-bond donors (Lipinski definition) is 0. The average molecular weight is 317 g/mol. The van der Waals surface area contributed by atoms with Gasteiger partial charge in [-0.1, -0.05) is 12.1 Å². The zero-order chi connectivity index (χ0) is 16.1. The van der Waals surface area contributed by atoms with Gasteiger partial charge in [0.05, 0.1) is 12.8 Å². The Kier molecular flexibility index (Phi) is 5.39. The Bertz CT molecular complexity index is 515. The first-order chi connectivity index (χ1) is 11.3. The van der Waals surface area contributed by atoms with Crippen LogP contribution < -0.4 is 9.64 Å². The molecule has 0 aliphatic carbocycles. The van der Waals surface area contributed by atoms with Crippen molar-refractivity contribution in [1.29, 1.82) is 0 Å². The highest BCUT2D eigenvalue weighted by Gasteiger charge is 2.24. The number of likely N-dealkylation sites (tertiary alicyclic amines) is 1. The highest BCUT2D eigenvalue weighted by molar-refractivity contribution is 5.58. The Morgan fingerprint density at radius 2 is 1.96 bits per heavy atom. The summed E-state index contributed by atoms with van der Waals surface area (Å²) in [6, 6.07) is 8.25. The van der Waals surface area contributed by atoms with Crippen LogP contribution in [0, 0.1) is 5.92 Å². The van der Waals surface area contributed by atoms with E-state index >= 15 is 0 Å². The molecule has 0 bridgehead atoms. The third-order valence-corrected chi connectivity index (χ3v) is 5.01. The van der Waals surface area contributed by atoms with Gasteiger partial charge in [-0.05, 0) is 30.9 Å². The predicted molar refractivity (Wildman–Crippen MR) is 92.0 cm³/mol. The molecule has 0 N–H and O–H groups in total. The Hall–Kier alpha value is -1.75. The monoisotopic (exact) mass is 317 g/mol. The Labute approximate surface area is 138 Å². The van der Waals surface area contributed by atoms with Crippen molar-refractivity contribution < 1.29 is 9.53 Å². The molecule has 0 aromatic heterocycles. The molecule has 1 aromatic rings. The third-order valence-electron chi connectivity index (χ3n) is 5.01. The molecule has 0 spiro atoms. The number of carbonyl (C=O) groups excluding carboxylic acids is 1. The van der Waals surface area contributed by atoms with Gasteiger partial charge in [0.25, 0.3) is 0 Å². The number of piperidine rings is 1. The summed E-state index contributed by atoms with van der Waals surface area (Å²) in [5.41, 5.74) is 1.19. The number of rotatable bonds is 5. The predicted octanol–water partition coefficient (Wildman–Crippen LogP) is 1.69. The third kappa shape index (κ3) is 3.96. The Morgan fingerprint density at radius 3 is 2.70 bits per heavy atom. The molecule has 1 amide bonds. The van der Waals surface area contributed by atoms with E-state index in [2.05, 4.69) is 21.9 Å². The van der Waals surface area contributed by atoms with Crippen molar-refractivity contribution in [3.05, 3.63) is 24.3 Å². The summed E-state index contributed by atoms with van der Waals surface area (Å²) < 4.78 is 5.48. The second-order valence-electron chi connectivity index (χ2n) is 6.57. The van der Waals surface area contributed by atoms with E-state index in [0.29, 0.717) is 5.92 Å². The van der Waals surface area contributed by atoms with Crippen LogP contribution in [-0.2, 0) is 4.79 Å². The number of hydrogen-bond acceptors (Lipinski definition) is 4. The van der Waals surface area contributed by atoms with Gasteiger partial charge in [0.2, 0.25) is 6.41 Å². The molecule has 1 atom stereocenters. The van der Waals surface area contributed by atoms with E-state index in [1.165, 1.54) is 12.1 Å². The number of piperazine rings is 1. The molecule has 2 aliphatic heterocycles. The van der Waals surface area contributed by atoms with E-state index in [9.17, 15) is 4.79 Å². The summed E-state index contributed by atoms with van der Waals surface area (Å²) in [6.07, 6.45) is 3.40. The summed E-state index contributed by atoms with van der Waals surface area (Å²) >= 11 is 0. The molecule has 0 saturated carbocycles. The molecule has 2 heterocycles. The van der Waals surface area contributed by atoms with Crippen molar-refractivity contribution in [2.24, 2.45) is 5.92 Å². The number of nitrogens with zero attached hydrogens (tertiary/aromatic N) is 3. The molecular formula is C18H27N3O2. The fraction of sp³-hybridized carbons (Fsp3) is 0.611. The number of amides is 1. The van der Waals surface area contributed by atoms with Gasteiger partial charge in [0.1, 0.15) is 5.75 Å². The first kappa shape index (κ1) is 16.1. The summed E-state index contributed by atoms with van der Waals surface area (Å²) in [5, 5.41) is 0. The molecule has 5 heteroatoms. The minimum absolute atomic E-state index is 0.631. The number of anilines is 1. The maximum Gasteiger partial charge on any atom is 0.209 e. The topological polar surface area (TPSA) is 36.0 Å². The van der Waals surface area contributed by atoms with Gasteiger partial charge in [-0.15, -0.1) is 0 Å². The first-order valence-corrected chi connectivity index (χ1v) is 8.60. The lowest BCUT2D eigenvalue weighted by Gasteiger charge is -2.39. The summed E-state index contributed by atoms with van der Waals surface area (Å²) in [5.74, 6) is 1.58. The molecule has 1 unspecified atom stereocenters. The summed E-state index contributed by atoms with van der Waals surface area (Å²) in [7, 11) is 1.73. The molecule has 126 valence electrons. The molecule has 5 nitrogen and oxygen atoms in total. The van der Waals surface area contributed by atoms with Crippen LogP contribution in [0.25, 0.3) is 0 Å². The summed E-state index contributed by atoms with van der Waals surface area (Å²) in [6.45, 7) is 7.20. The maximum absolute atomic E-state index is 11.0. The van der Waals surface area contributed by atoms with Crippen LogP contribution in [0.15, 0.2) is 24.3 Å². The summed E-state index contributed by atoms with van der Waals surface area (Å²) in [4.78, 5) is 17.8. The largest absolute Gasteiger partial charge is 0.495 e. The normalized spacial score (nSPS) is 22.9. The van der Waals surface area contributed by atoms with Crippen molar-refractivity contribution in [3.63, 3.8) is 0 Å². The van der Waals surface area contributed by atoms with Crippen LogP contribution in [0.3, 0.4) is 0 Å². The standard InChI is InChI=1S/C18H27N3O2/c1-23-18-7-3-2-6-17(18)21-11-9-19(10-12-21)13-16-5-4-8-20(14-16)15-22/h2-3,6-7,15-16H,4-5,8-14H2,1H3. The lowest BCUT2D eigenvalue weighted by atomic mass is 9.97. The van der Waals surface area contributed by atoms with E-state index in [4.69, 9.17) is 4.74 Å². The fourth-order valence-corrected chi connectivity index (χ4v) is 3.77. The fourth-order valence-electron chi connectivity index (χ4n) is 3.77. The van der Waals surface area contributed by atoms with Crippen molar-refractivity contribution in [1.82, 2.24) is 9.80 Å². The minimum Gasteiger partial charge on any atom is -0.495 e. The molecular weight excluding hydrogens is 290 g/mol. The van der Waals surface area contributed by atoms with Crippen LogP contribution in [0.1, 0.15) is 12.8 Å². The van der Waals surface area contributed by atoms with Gasteiger partial charge in [0.15, 0.2) is 0 Å². The Balaban J connectivity index is 1.51. The van der Waals surface area contributed by atoms with E-state index in [1.54, 1.807) is 7.11 Å². The van der Waals surface area contributed by atoms with Crippen molar-refractivity contribution in [2.45, 2.75) is 12.8 Å². The maximum atomic E-state index is 11.0. The molecule has 2 aliphatic rings. The number of ether oxygens (including phenoxy) is 1. The van der Waals surface area contributed by atoms with Gasteiger partial charge in [-0.2, -0.15) is 0 Å². The van der Waals surface area contributed by atoms with Crippen molar-refractivity contribution in [3.8, 4) is 5.75 Å². The van der Waals surface area contributed by atoms with Gasteiger partial charge in [0, 0.05) is 45.8 Å². The van der Waals surface area contributed by atoms with Crippen molar-refractivity contribution in [2.75, 3.05) is 57.8 Å². The lowest BCUT2D eigenvalue weighted by molar-refractivity contribution is -0.119. The highest BCUT2D eigenvalue weighted by Crippen LogP contribution is 2.28. The van der Waals surface area contributed by atoms with Crippen LogP contribution >= 0.6 is 0 Å². The van der Waals surface area contributed by atoms with E-state index in [-0.39, 0.29) is 0 Å². The molecule has 2 fully saturated rings. The van der Waals surface area contributed by atoms with Crippen LogP contribution in [0.5, 0.6) is 5.75 Å². The van der Waals surface area contributed by atoms with Gasteiger partial charge in [-0.25, -0.2) is 0 Å². The number of methoxy groups -OCH3 is 1. The second-order valence-corrected chi connectivity index (χ2v) is 6.57. The molecule has 0 radical (unpaired) electrons. The number of para-hydroxylation sites is 2. The van der Waals surface area contributed by atoms with Gasteiger partial charge in [-0.3, -0.25) is 9.69 Å². The molecule has 3 rings (SSSR count). The first-order valence-electron chi connectivity index (χ1n) is 8.60. The zero-order valence-electron chi connectivity index (χ0n) is 14.0.